The van der Waals surface area contributed by atoms with Crippen molar-refractivity contribution in [2.24, 2.45) is 5.84 Å². The van der Waals surface area contributed by atoms with Gasteiger partial charge in [-0.05, 0) is 48.2 Å². The standard InChI is InChI=1S/C15H14BrClF2N2/c16-13-5-4-11(18)6-10(13)8-12(21-20)7-9-2-1-3-14(17)15(9)19/h1-6,12,21H,7-8,20H2. The first-order chi connectivity index (χ1) is 10.0. The monoisotopic (exact) mass is 374 g/mol. The molecule has 2 nitrogen and oxygen atoms in total. The number of rotatable bonds is 5. The third-order valence-electron chi connectivity index (χ3n) is 3.21. The summed E-state index contributed by atoms with van der Waals surface area (Å²) < 4.78 is 28.0. The lowest BCUT2D eigenvalue weighted by Crippen LogP contribution is -2.38. The van der Waals surface area contributed by atoms with E-state index in [1.807, 2.05) is 0 Å². The van der Waals surface area contributed by atoms with E-state index in [9.17, 15) is 8.78 Å². The number of hydrogen-bond donors (Lipinski definition) is 2. The molecule has 0 fully saturated rings. The Kier molecular flexibility index (Phi) is 5.70. The molecule has 0 aliphatic heterocycles. The molecule has 0 bridgehead atoms. The van der Waals surface area contributed by atoms with Crippen LogP contribution in [0.5, 0.6) is 0 Å². The van der Waals surface area contributed by atoms with Crippen LogP contribution >= 0.6 is 27.5 Å². The summed E-state index contributed by atoms with van der Waals surface area (Å²) in [6.45, 7) is 0. The first-order valence-electron chi connectivity index (χ1n) is 6.34. The van der Waals surface area contributed by atoms with Crippen LogP contribution in [0.3, 0.4) is 0 Å². The van der Waals surface area contributed by atoms with Crippen LogP contribution in [0, 0.1) is 11.6 Å². The van der Waals surface area contributed by atoms with Crippen molar-refractivity contribution >= 4 is 27.5 Å². The molecule has 0 saturated carbocycles. The quantitative estimate of drug-likeness (QED) is 0.612. The van der Waals surface area contributed by atoms with Gasteiger partial charge in [-0.2, -0.15) is 0 Å². The molecular weight excluding hydrogens is 362 g/mol. The van der Waals surface area contributed by atoms with Gasteiger partial charge in [-0.25, -0.2) is 8.78 Å². The predicted octanol–water partition coefficient (Wildman–Crippen LogP) is 4.00. The van der Waals surface area contributed by atoms with Crippen LogP contribution in [-0.2, 0) is 12.8 Å². The zero-order valence-corrected chi connectivity index (χ0v) is 13.4. The molecule has 0 spiro atoms. The third kappa shape index (κ3) is 4.23. The smallest absolute Gasteiger partial charge is 0.145 e. The maximum absolute atomic E-state index is 13.9. The molecule has 1 unspecified atom stereocenters. The Labute approximate surface area is 135 Å². The minimum absolute atomic E-state index is 0.0789. The lowest BCUT2D eigenvalue weighted by Gasteiger charge is -2.17. The SMILES string of the molecule is NNC(Cc1cc(F)ccc1Br)Cc1cccc(Cl)c1F. The molecule has 112 valence electrons. The normalized spacial score (nSPS) is 12.4. The van der Waals surface area contributed by atoms with Crippen LogP contribution < -0.4 is 11.3 Å². The summed E-state index contributed by atoms with van der Waals surface area (Å²) in [6.07, 6.45) is 0.812. The van der Waals surface area contributed by atoms with Gasteiger partial charge in [0.15, 0.2) is 0 Å². The van der Waals surface area contributed by atoms with E-state index < -0.39 is 5.82 Å². The van der Waals surface area contributed by atoms with Crippen molar-refractivity contribution in [1.29, 1.82) is 0 Å². The molecule has 0 aliphatic carbocycles. The molecule has 6 heteroatoms. The molecule has 0 saturated heterocycles. The molecule has 3 N–H and O–H groups in total. The average Bonchev–Trinajstić information content (AvgIpc) is 2.46. The van der Waals surface area contributed by atoms with Crippen molar-refractivity contribution in [3.05, 3.63) is 68.7 Å². The lowest BCUT2D eigenvalue weighted by atomic mass is 9.99. The molecule has 0 amide bonds. The van der Waals surface area contributed by atoms with Crippen LogP contribution in [0.15, 0.2) is 40.9 Å². The molecule has 2 aromatic rings. The van der Waals surface area contributed by atoms with Gasteiger partial charge in [0.2, 0.25) is 0 Å². The minimum Gasteiger partial charge on any atom is -0.271 e. The second-order valence-corrected chi connectivity index (χ2v) is 5.98. The van der Waals surface area contributed by atoms with Gasteiger partial charge >= 0.3 is 0 Å². The number of benzene rings is 2. The minimum atomic E-state index is -0.447. The number of hydrazine groups is 1. The maximum Gasteiger partial charge on any atom is 0.145 e. The third-order valence-corrected chi connectivity index (χ3v) is 4.27. The lowest BCUT2D eigenvalue weighted by molar-refractivity contribution is 0.504. The molecule has 2 aromatic carbocycles. The number of nitrogens with two attached hydrogens (primary N) is 1. The average molecular weight is 376 g/mol. The van der Waals surface area contributed by atoms with Crippen molar-refractivity contribution in [3.63, 3.8) is 0 Å². The fourth-order valence-corrected chi connectivity index (χ4v) is 2.73. The van der Waals surface area contributed by atoms with Gasteiger partial charge in [-0.15, -0.1) is 0 Å². The van der Waals surface area contributed by atoms with E-state index >= 15 is 0 Å². The van der Waals surface area contributed by atoms with Gasteiger partial charge in [-0.3, -0.25) is 11.3 Å². The van der Waals surface area contributed by atoms with Gasteiger partial charge in [0.25, 0.3) is 0 Å². The Morgan fingerprint density at radius 2 is 1.86 bits per heavy atom. The highest BCUT2D eigenvalue weighted by Gasteiger charge is 2.15. The van der Waals surface area contributed by atoms with E-state index in [-0.39, 0.29) is 16.9 Å². The van der Waals surface area contributed by atoms with E-state index in [1.165, 1.54) is 18.2 Å². The maximum atomic E-state index is 13.9. The van der Waals surface area contributed by atoms with Crippen LogP contribution in [0.25, 0.3) is 0 Å². The summed E-state index contributed by atoms with van der Waals surface area (Å²) in [7, 11) is 0. The molecule has 21 heavy (non-hydrogen) atoms. The summed E-state index contributed by atoms with van der Waals surface area (Å²) in [5.74, 6) is 4.76. The molecule has 1 atom stereocenters. The zero-order chi connectivity index (χ0) is 15.4. The second kappa shape index (κ2) is 7.31. The Hall–Kier alpha value is -1.01. The number of nitrogens with one attached hydrogen (secondary N) is 1. The van der Waals surface area contributed by atoms with Gasteiger partial charge < -0.3 is 0 Å². The predicted molar refractivity (Wildman–Crippen MR) is 84.0 cm³/mol. The van der Waals surface area contributed by atoms with Crippen LogP contribution in [0.4, 0.5) is 8.78 Å². The molecular formula is C15H14BrClF2N2. The van der Waals surface area contributed by atoms with Gasteiger partial charge in [-0.1, -0.05) is 39.7 Å². The number of halogens is 4. The van der Waals surface area contributed by atoms with Gasteiger partial charge in [0.1, 0.15) is 11.6 Å². The number of hydrogen-bond acceptors (Lipinski definition) is 2. The van der Waals surface area contributed by atoms with Crippen molar-refractivity contribution in [2.75, 3.05) is 0 Å². The van der Waals surface area contributed by atoms with Crippen molar-refractivity contribution < 1.29 is 8.78 Å². The fraction of sp³-hybridized carbons (Fsp3) is 0.200. The zero-order valence-electron chi connectivity index (χ0n) is 11.0. The fourth-order valence-electron chi connectivity index (χ4n) is 2.13. The second-order valence-electron chi connectivity index (χ2n) is 4.72. The Balaban J connectivity index is 2.17. The van der Waals surface area contributed by atoms with Crippen molar-refractivity contribution in [2.45, 2.75) is 18.9 Å². The molecule has 0 heterocycles. The topological polar surface area (TPSA) is 38.0 Å². The largest absolute Gasteiger partial charge is 0.271 e. The molecule has 0 aromatic heterocycles. The van der Waals surface area contributed by atoms with E-state index in [2.05, 4.69) is 21.4 Å². The highest BCUT2D eigenvalue weighted by molar-refractivity contribution is 9.10. The van der Waals surface area contributed by atoms with Crippen molar-refractivity contribution in [3.8, 4) is 0 Å². The van der Waals surface area contributed by atoms with E-state index in [0.29, 0.717) is 18.4 Å². The first kappa shape index (κ1) is 16.4. The molecule has 2 rings (SSSR count). The van der Waals surface area contributed by atoms with Crippen molar-refractivity contribution in [1.82, 2.24) is 5.43 Å². The summed E-state index contributed by atoms with van der Waals surface area (Å²) in [5.41, 5.74) is 3.87. The van der Waals surface area contributed by atoms with Crippen LogP contribution in [-0.4, -0.2) is 6.04 Å². The molecule has 0 aliphatic rings. The van der Waals surface area contributed by atoms with E-state index in [0.717, 1.165) is 10.0 Å². The van der Waals surface area contributed by atoms with Gasteiger partial charge in [0, 0.05) is 10.5 Å². The summed E-state index contributed by atoms with van der Waals surface area (Å²) in [5, 5.41) is 0.0789. The summed E-state index contributed by atoms with van der Waals surface area (Å²) in [4.78, 5) is 0. The van der Waals surface area contributed by atoms with Crippen LogP contribution in [0.2, 0.25) is 5.02 Å². The highest BCUT2D eigenvalue weighted by Crippen LogP contribution is 2.22. The Morgan fingerprint density at radius 3 is 2.57 bits per heavy atom. The first-order valence-corrected chi connectivity index (χ1v) is 7.51. The van der Waals surface area contributed by atoms with E-state index in [1.54, 1.807) is 18.2 Å². The summed E-state index contributed by atoms with van der Waals surface area (Å²) in [6, 6.07) is 9.04. The Bertz CT molecular complexity index is 633. The molecule has 0 radical (unpaired) electrons. The highest BCUT2D eigenvalue weighted by atomic mass is 79.9. The van der Waals surface area contributed by atoms with E-state index in [4.69, 9.17) is 17.4 Å². The summed E-state index contributed by atoms with van der Waals surface area (Å²) >= 11 is 9.13. The Morgan fingerprint density at radius 1 is 1.14 bits per heavy atom. The van der Waals surface area contributed by atoms with Crippen LogP contribution in [0.1, 0.15) is 11.1 Å². The van der Waals surface area contributed by atoms with Gasteiger partial charge in [0.05, 0.1) is 5.02 Å².